The van der Waals surface area contributed by atoms with Crippen LogP contribution in [0.4, 0.5) is 5.69 Å². The zero-order valence-corrected chi connectivity index (χ0v) is 13.7. The highest BCUT2D eigenvalue weighted by Gasteiger charge is 2.22. The lowest BCUT2D eigenvalue weighted by molar-refractivity contribution is 0.302. The topological polar surface area (TPSA) is 35.2 Å². The zero-order valence-electron chi connectivity index (χ0n) is 13.7. The van der Waals surface area contributed by atoms with Crippen LogP contribution in [-0.4, -0.2) is 6.61 Å². The number of hydrogen-bond donors (Lipinski definition) is 1. The number of nitrogen functional groups attached to an aromatic ring is 1. The van der Waals surface area contributed by atoms with Crippen molar-refractivity contribution in [2.45, 2.75) is 71.1 Å². The molecule has 0 atom stereocenters. The van der Waals surface area contributed by atoms with E-state index in [1.807, 2.05) is 13.0 Å². The first-order chi connectivity index (χ1) is 10.2. The minimum absolute atomic E-state index is 0.673. The van der Waals surface area contributed by atoms with Gasteiger partial charge in [0.05, 0.1) is 12.3 Å². The Hall–Kier alpha value is -1.18. The Morgan fingerprint density at radius 2 is 1.86 bits per heavy atom. The van der Waals surface area contributed by atoms with E-state index in [2.05, 4.69) is 19.1 Å². The Morgan fingerprint density at radius 1 is 1.10 bits per heavy atom. The monoisotopic (exact) mass is 289 g/mol. The summed E-state index contributed by atoms with van der Waals surface area (Å²) in [6.07, 6.45) is 11.0. The molecular formula is C19H31NO. The highest BCUT2D eigenvalue weighted by Crippen LogP contribution is 2.39. The van der Waals surface area contributed by atoms with E-state index in [-0.39, 0.29) is 0 Å². The lowest BCUT2D eigenvalue weighted by atomic mass is 9.77. The minimum atomic E-state index is 0.673. The molecule has 0 heterocycles. The van der Waals surface area contributed by atoms with Gasteiger partial charge in [-0.1, -0.05) is 38.7 Å². The molecule has 1 aliphatic carbocycles. The van der Waals surface area contributed by atoms with Gasteiger partial charge in [-0.25, -0.2) is 0 Å². The van der Waals surface area contributed by atoms with Crippen LogP contribution >= 0.6 is 0 Å². The van der Waals surface area contributed by atoms with Gasteiger partial charge in [-0.2, -0.15) is 0 Å². The van der Waals surface area contributed by atoms with E-state index < -0.39 is 0 Å². The molecule has 2 rings (SSSR count). The number of hydrogen-bond acceptors (Lipinski definition) is 2. The molecule has 1 aliphatic rings. The summed E-state index contributed by atoms with van der Waals surface area (Å²) < 4.78 is 5.53. The zero-order chi connectivity index (χ0) is 15.1. The van der Waals surface area contributed by atoms with Gasteiger partial charge in [0, 0.05) is 0 Å². The largest absolute Gasteiger partial charge is 0.492 e. The average molecular weight is 289 g/mol. The van der Waals surface area contributed by atoms with Crippen LogP contribution in [0.15, 0.2) is 18.2 Å². The van der Waals surface area contributed by atoms with Crippen molar-refractivity contribution in [1.82, 2.24) is 0 Å². The second-order valence-corrected chi connectivity index (χ2v) is 6.44. The van der Waals surface area contributed by atoms with Crippen molar-refractivity contribution in [1.29, 1.82) is 0 Å². The van der Waals surface area contributed by atoms with Gasteiger partial charge in [0.2, 0.25) is 0 Å². The molecule has 2 heteroatoms. The van der Waals surface area contributed by atoms with Crippen LogP contribution in [0.5, 0.6) is 5.75 Å². The summed E-state index contributed by atoms with van der Waals surface area (Å²) in [4.78, 5) is 0. The molecule has 0 spiro atoms. The van der Waals surface area contributed by atoms with Gasteiger partial charge in [0.25, 0.3) is 0 Å². The third-order valence-electron chi connectivity index (χ3n) is 4.87. The van der Waals surface area contributed by atoms with E-state index in [1.54, 1.807) is 0 Å². The standard InChI is InChI=1S/C19H31NO/c1-3-5-6-7-15-8-10-16(11-9-15)17-12-13-19(21-4-2)18(20)14-17/h12-16H,3-11,20H2,1-2H3. The first-order valence-electron chi connectivity index (χ1n) is 8.76. The molecule has 0 aliphatic heterocycles. The Morgan fingerprint density at radius 3 is 2.48 bits per heavy atom. The molecule has 2 N–H and O–H groups in total. The number of ether oxygens (including phenoxy) is 1. The van der Waals surface area contributed by atoms with Crippen LogP contribution in [0.1, 0.15) is 76.7 Å². The summed E-state index contributed by atoms with van der Waals surface area (Å²) in [6.45, 7) is 4.95. The lowest BCUT2D eigenvalue weighted by Crippen LogP contribution is -2.13. The third kappa shape index (κ3) is 4.66. The molecule has 0 unspecified atom stereocenters. The van der Waals surface area contributed by atoms with Gasteiger partial charge in [-0.15, -0.1) is 0 Å². The highest BCUT2D eigenvalue weighted by atomic mass is 16.5. The van der Waals surface area contributed by atoms with Crippen molar-refractivity contribution in [2.75, 3.05) is 12.3 Å². The van der Waals surface area contributed by atoms with E-state index >= 15 is 0 Å². The predicted molar refractivity (Wildman–Crippen MR) is 90.9 cm³/mol. The lowest BCUT2D eigenvalue weighted by Gasteiger charge is -2.29. The molecule has 1 aromatic rings. The highest BCUT2D eigenvalue weighted by molar-refractivity contribution is 5.54. The predicted octanol–water partition coefficient (Wildman–Crippen LogP) is 5.52. The first kappa shape index (κ1) is 16.2. The number of benzene rings is 1. The van der Waals surface area contributed by atoms with Gasteiger partial charge < -0.3 is 10.5 Å². The smallest absolute Gasteiger partial charge is 0.142 e. The summed E-state index contributed by atoms with van der Waals surface area (Å²) >= 11 is 0. The van der Waals surface area contributed by atoms with Crippen LogP contribution in [0.3, 0.4) is 0 Å². The van der Waals surface area contributed by atoms with Gasteiger partial charge in [0.15, 0.2) is 0 Å². The summed E-state index contributed by atoms with van der Waals surface area (Å²) in [5.74, 6) is 2.49. The molecule has 0 amide bonds. The molecule has 0 radical (unpaired) electrons. The maximum Gasteiger partial charge on any atom is 0.142 e. The summed E-state index contributed by atoms with van der Waals surface area (Å²) in [5.41, 5.74) is 8.29. The maximum absolute atomic E-state index is 6.10. The quantitative estimate of drug-likeness (QED) is 0.529. The summed E-state index contributed by atoms with van der Waals surface area (Å²) in [6, 6.07) is 6.39. The van der Waals surface area contributed by atoms with E-state index in [4.69, 9.17) is 10.5 Å². The van der Waals surface area contributed by atoms with Crippen LogP contribution in [0.25, 0.3) is 0 Å². The minimum Gasteiger partial charge on any atom is -0.492 e. The second kappa shape index (κ2) is 8.31. The Bertz CT molecular complexity index is 422. The average Bonchev–Trinajstić information content (AvgIpc) is 2.50. The van der Waals surface area contributed by atoms with Crippen LogP contribution in [-0.2, 0) is 0 Å². The van der Waals surface area contributed by atoms with E-state index in [9.17, 15) is 0 Å². The van der Waals surface area contributed by atoms with Gasteiger partial charge in [-0.05, 0) is 62.1 Å². The van der Waals surface area contributed by atoms with Gasteiger partial charge >= 0.3 is 0 Å². The van der Waals surface area contributed by atoms with E-state index in [1.165, 1.54) is 56.9 Å². The Kier molecular flexibility index (Phi) is 6.41. The second-order valence-electron chi connectivity index (χ2n) is 6.44. The molecule has 1 aromatic carbocycles. The molecule has 1 saturated carbocycles. The van der Waals surface area contributed by atoms with E-state index in [0.29, 0.717) is 12.5 Å². The third-order valence-corrected chi connectivity index (χ3v) is 4.87. The van der Waals surface area contributed by atoms with E-state index in [0.717, 1.165) is 17.4 Å². The molecule has 118 valence electrons. The van der Waals surface area contributed by atoms with Crippen LogP contribution < -0.4 is 10.5 Å². The normalized spacial score (nSPS) is 22.2. The van der Waals surface area contributed by atoms with Crippen molar-refractivity contribution in [3.05, 3.63) is 23.8 Å². The molecular weight excluding hydrogens is 258 g/mol. The fraction of sp³-hybridized carbons (Fsp3) is 0.684. The molecule has 1 fully saturated rings. The molecule has 2 nitrogen and oxygen atoms in total. The number of anilines is 1. The number of rotatable bonds is 7. The number of unbranched alkanes of at least 4 members (excludes halogenated alkanes) is 2. The van der Waals surface area contributed by atoms with Crippen LogP contribution in [0, 0.1) is 5.92 Å². The molecule has 0 bridgehead atoms. The van der Waals surface area contributed by atoms with Crippen molar-refractivity contribution in [3.63, 3.8) is 0 Å². The fourth-order valence-corrected chi connectivity index (χ4v) is 3.58. The van der Waals surface area contributed by atoms with Crippen molar-refractivity contribution in [2.24, 2.45) is 5.92 Å². The molecule has 0 aromatic heterocycles. The van der Waals surface area contributed by atoms with Gasteiger partial charge in [0.1, 0.15) is 5.75 Å². The SMILES string of the molecule is CCCCCC1CCC(c2ccc(OCC)c(N)c2)CC1. The Balaban J connectivity index is 1.85. The van der Waals surface area contributed by atoms with Crippen LogP contribution in [0.2, 0.25) is 0 Å². The summed E-state index contributed by atoms with van der Waals surface area (Å²) in [7, 11) is 0. The maximum atomic E-state index is 6.10. The van der Waals surface area contributed by atoms with Crippen molar-refractivity contribution >= 4 is 5.69 Å². The first-order valence-corrected chi connectivity index (χ1v) is 8.76. The summed E-state index contributed by atoms with van der Waals surface area (Å²) in [5, 5.41) is 0. The fourth-order valence-electron chi connectivity index (χ4n) is 3.58. The van der Waals surface area contributed by atoms with Crippen molar-refractivity contribution in [3.8, 4) is 5.75 Å². The number of nitrogens with two attached hydrogens (primary N) is 1. The molecule has 0 saturated heterocycles. The van der Waals surface area contributed by atoms with Gasteiger partial charge in [-0.3, -0.25) is 0 Å². The van der Waals surface area contributed by atoms with Crippen molar-refractivity contribution < 1.29 is 4.74 Å². The Labute approximate surface area is 130 Å². The molecule has 21 heavy (non-hydrogen) atoms.